The highest BCUT2D eigenvalue weighted by atomic mass is 16.3. The molecule has 1 N–H and O–H groups in total. The number of nitrogens with zero attached hydrogens (tertiary/aromatic N) is 1. The van der Waals surface area contributed by atoms with Crippen LogP contribution >= 0.6 is 0 Å². The second-order valence-electron chi connectivity index (χ2n) is 3.93. The number of rotatable bonds is 5. The minimum atomic E-state index is -0.146. The topological polar surface area (TPSA) is 55.1 Å². The van der Waals surface area contributed by atoms with Crippen molar-refractivity contribution in [1.82, 2.24) is 10.3 Å². The third-order valence-electron chi connectivity index (χ3n) is 2.03. The van der Waals surface area contributed by atoms with Crippen LogP contribution in [0.15, 0.2) is 10.8 Å². The van der Waals surface area contributed by atoms with Crippen molar-refractivity contribution < 1.29 is 9.21 Å². The molecule has 98 valence electrons. The van der Waals surface area contributed by atoms with Crippen LogP contribution in [0.4, 0.5) is 0 Å². The van der Waals surface area contributed by atoms with Gasteiger partial charge in [0, 0.05) is 6.54 Å². The maximum absolute atomic E-state index is 11.5. The van der Waals surface area contributed by atoms with Gasteiger partial charge in [0.05, 0.1) is 0 Å². The Labute approximate surface area is 104 Å². The fraction of sp³-hybridized carbons (Fsp3) is 0.692. The Kier molecular flexibility index (Phi) is 9.11. The van der Waals surface area contributed by atoms with Gasteiger partial charge >= 0.3 is 0 Å². The highest BCUT2D eigenvalue weighted by Crippen LogP contribution is 2.03. The Morgan fingerprint density at radius 1 is 1.35 bits per heavy atom. The number of hydrogen-bond donors (Lipinski definition) is 1. The van der Waals surface area contributed by atoms with E-state index in [4.69, 9.17) is 4.42 Å². The fourth-order valence-corrected chi connectivity index (χ4v) is 1.18. The molecule has 0 radical (unpaired) electrons. The van der Waals surface area contributed by atoms with E-state index in [2.05, 4.69) is 31.1 Å². The number of nitrogens with one attached hydrogen (secondary N) is 1. The van der Waals surface area contributed by atoms with Gasteiger partial charge in [-0.3, -0.25) is 4.79 Å². The molecule has 0 unspecified atom stereocenters. The first kappa shape index (κ1) is 15.7. The van der Waals surface area contributed by atoms with Crippen molar-refractivity contribution >= 4 is 5.91 Å². The molecule has 1 aromatic rings. The number of carbonyl (C=O) groups excluding carboxylic acids is 1. The summed E-state index contributed by atoms with van der Waals surface area (Å²) >= 11 is 0. The minimum Gasteiger partial charge on any atom is -0.448 e. The van der Waals surface area contributed by atoms with E-state index < -0.39 is 0 Å². The van der Waals surface area contributed by atoms with Gasteiger partial charge in [-0.25, -0.2) is 4.98 Å². The number of aromatic nitrogens is 1. The van der Waals surface area contributed by atoms with E-state index in [0.29, 0.717) is 18.0 Å². The Hall–Kier alpha value is -1.32. The number of amides is 1. The zero-order chi connectivity index (χ0) is 13.1. The summed E-state index contributed by atoms with van der Waals surface area (Å²) < 4.78 is 4.94. The van der Waals surface area contributed by atoms with Crippen LogP contribution in [-0.4, -0.2) is 17.4 Å². The number of carbonyl (C=O) groups is 1. The van der Waals surface area contributed by atoms with Gasteiger partial charge in [0.1, 0.15) is 5.76 Å². The molecular formula is C13H24N2O2. The molecule has 0 saturated carbocycles. The molecule has 1 heterocycles. The summed E-state index contributed by atoms with van der Waals surface area (Å²) in [4.78, 5) is 15.3. The van der Waals surface area contributed by atoms with Crippen molar-refractivity contribution in [2.75, 3.05) is 6.54 Å². The summed E-state index contributed by atoms with van der Waals surface area (Å²) in [7, 11) is 0. The molecule has 0 bridgehead atoms. The van der Waals surface area contributed by atoms with Gasteiger partial charge in [0.25, 0.3) is 5.91 Å². The summed E-state index contributed by atoms with van der Waals surface area (Å²) in [6.45, 7) is 8.82. The van der Waals surface area contributed by atoms with E-state index >= 15 is 0 Å². The normalized spacial score (nSPS) is 9.41. The SMILES string of the molecule is CCC.CCCCCNC(=O)c1ncoc1C. The van der Waals surface area contributed by atoms with Crippen LogP contribution in [0.2, 0.25) is 0 Å². The summed E-state index contributed by atoms with van der Waals surface area (Å²) in [5.74, 6) is 0.422. The Balaban J connectivity index is 0.000000770. The Morgan fingerprint density at radius 3 is 2.47 bits per heavy atom. The predicted octanol–water partition coefficient (Wildman–Crippen LogP) is 3.32. The lowest BCUT2D eigenvalue weighted by Gasteiger charge is -2.01. The van der Waals surface area contributed by atoms with E-state index in [1.54, 1.807) is 6.92 Å². The summed E-state index contributed by atoms with van der Waals surface area (Å²) in [6, 6.07) is 0. The first-order valence-corrected chi connectivity index (χ1v) is 6.35. The van der Waals surface area contributed by atoms with Gasteiger partial charge in [-0.05, 0) is 13.3 Å². The molecule has 0 saturated heterocycles. The largest absolute Gasteiger partial charge is 0.448 e. The monoisotopic (exact) mass is 240 g/mol. The minimum absolute atomic E-state index is 0.146. The summed E-state index contributed by atoms with van der Waals surface area (Å²) in [6.07, 6.45) is 5.84. The second kappa shape index (κ2) is 9.87. The maximum atomic E-state index is 11.5. The van der Waals surface area contributed by atoms with E-state index in [9.17, 15) is 4.79 Å². The van der Waals surface area contributed by atoms with Crippen LogP contribution < -0.4 is 5.32 Å². The fourth-order valence-electron chi connectivity index (χ4n) is 1.18. The van der Waals surface area contributed by atoms with Crippen molar-refractivity contribution in [1.29, 1.82) is 0 Å². The highest BCUT2D eigenvalue weighted by Gasteiger charge is 2.11. The van der Waals surface area contributed by atoms with E-state index in [1.165, 1.54) is 12.8 Å². The van der Waals surface area contributed by atoms with Crippen LogP contribution in [0, 0.1) is 6.92 Å². The van der Waals surface area contributed by atoms with Gasteiger partial charge in [-0.2, -0.15) is 0 Å². The third-order valence-corrected chi connectivity index (χ3v) is 2.03. The quantitative estimate of drug-likeness (QED) is 0.803. The highest BCUT2D eigenvalue weighted by molar-refractivity contribution is 5.92. The number of oxazole rings is 1. The molecule has 0 fully saturated rings. The Bertz CT molecular complexity index is 308. The van der Waals surface area contributed by atoms with Gasteiger partial charge in [0.2, 0.25) is 0 Å². The van der Waals surface area contributed by atoms with E-state index in [1.807, 2.05) is 0 Å². The molecule has 1 rings (SSSR count). The third kappa shape index (κ3) is 6.76. The number of unbranched alkanes of at least 4 members (excludes halogenated alkanes) is 2. The molecule has 0 spiro atoms. The average Bonchev–Trinajstić information content (AvgIpc) is 2.72. The molecule has 0 aliphatic carbocycles. The zero-order valence-electron chi connectivity index (χ0n) is 11.4. The molecule has 0 atom stereocenters. The van der Waals surface area contributed by atoms with Crippen molar-refractivity contribution in [3.8, 4) is 0 Å². The van der Waals surface area contributed by atoms with E-state index in [-0.39, 0.29) is 5.91 Å². The van der Waals surface area contributed by atoms with Crippen LogP contribution in [0.5, 0.6) is 0 Å². The number of aryl methyl sites for hydroxylation is 1. The van der Waals surface area contributed by atoms with Crippen molar-refractivity contribution in [3.05, 3.63) is 17.8 Å². The van der Waals surface area contributed by atoms with Crippen LogP contribution in [0.3, 0.4) is 0 Å². The molecule has 0 aliphatic heterocycles. The van der Waals surface area contributed by atoms with Gasteiger partial charge in [-0.1, -0.05) is 40.0 Å². The Morgan fingerprint density at radius 2 is 2.00 bits per heavy atom. The first-order valence-electron chi connectivity index (χ1n) is 6.35. The van der Waals surface area contributed by atoms with Crippen molar-refractivity contribution in [3.63, 3.8) is 0 Å². The summed E-state index contributed by atoms with van der Waals surface area (Å²) in [5.41, 5.74) is 0.390. The predicted molar refractivity (Wildman–Crippen MR) is 69.1 cm³/mol. The van der Waals surface area contributed by atoms with Crippen LogP contribution in [-0.2, 0) is 0 Å². The molecule has 0 aromatic carbocycles. The van der Waals surface area contributed by atoms with Crippen molar-refractivity contribution in [2.45, 2.75) is 53.4 Å². The summed E-state index contributed by atoms with van der Waals surface area (Å²) in [5, 5.41) is 2.80. The lowest BCUT2D eigenvalue weighted by molar-refractivity contribution is 0.0947. The smallest absolute Gasteiger partial charge is 0.273 e. The molecule has 4 heteroatoms. The van der Waals surface area contributed by atoms with Gasteiger partial charge in [-0.15, -0.1) is 0 Å². The first-order chi connectivity index (χ1) is 8.17. The van der Waals surface area contributed by atoms with Gasteiger partial charge in [0.15, 0.2) is 12.1 Å². The molecule has 1 aromatic heterocycles. The standard InChI is InChI=1S/C10H16N2O2.C3H8/c1-3-4-5-6-11-10(13)9-8(2)14-7-12-9;1-3-2/h7H,3-6H2,1-2H3,(H,11,13);3H2,1-2H3. The van der Waals surface area contributed by atoms with Crippen molar-refractivity contribution in [2.24, 2.45) is 0 Å². The second-order valence-corrected chi connectivity index (χ2v) is 3.93. The molecule has 0 aliphatic rings. The maximum Gasteiger partial charge on any atom is 0.273 e. The zero-order valence-corrected chi connectivity index (χ0v) is 11.4. The molecule has 17 heavy (non-hydrogen) atoms. The molecule has 1 amide bonds. The molecule has 4 nitrogen and oxygen atoms in total. The van der Waals surface area contributed by atoms with Gasteiger partial charge < -0.3 is 9.73 Å². The molecular weight excluding hydrogens is 216 g/mol. The average molecular weight is 240 g/mol. The number of hydrogen-bond acceptors (Lipinski definition) is 3. The van der Waals surface area contributed by atoms with Crippen LogP contribution in [0.25, 0.3) is 0 Å². The lowest BCUT2D eigenvalue weighted by atomic mass is 10.2. The van der Waals surface area contributed by atoms with E-state index in [0.717, 1.165) is 19.3 Å². The lowest BCUT2D eigenvalue weighted by Crippen LogP contribution is -2.25. The van der Waals surface area contributed by atoms with Crippen LogP contribution in [0.1, 0.15) is 62.7 Å².